The van der Waals surface area contributed by atoms with E-state index in [1.807, 2.05) is 0 Å². The molecule has 0 radical (unpaired) electrons. The van der Waals surface area contributed by atoms with Crippen LogP contribution in [0.5, 0.6) is 0 Å². The highest BCUT2D eigenvalue weighted by Crippen LogP contribution is 2.29. The van der Waals surface area contributed by atoms with Gasteiger partial charge in [0.25, 0.3) is 5.89 Å². The standard InChI is InChI=1S/C16H15Cl2N3O2/c17-9-3-8(4-10(18)5-9)14-7-19-16(23-14)15(22)21-13-6-11-1-2-12(13)20-11/h3-5,7,11-13,20H,1-2,6H2,(H,21,22)/t11-,12+,13-/m1/s1. The molecule has 23 heavy (non-hydrogen) atoms. The van der Waals surface area contributed by atoms with Crippen LogP contribution in [0.2, 0.25) is 10.0 Å². The second kappa shape index (κ2) is 5.82. The van der Waals surface area contributed by atoms with Crippen LogP contribution in [0.15, 0.2) is 28.8 Å². The van der Waals surface area contributed by atoms with Crippen molar-refractivity contribution < 1.29 is 9.21 Å². The molecule has 1 aromatic heterocycles. The van der Waals surface area contributed by atoms with Crippen molar-refractivity contribution in [2.45, 2.75) is 37.4 Å². The van der Waals surface area contributed by atoms with Crippen molar-refractivity contribution in [1.82, 2.24) is 15.6 Å². The third kappa shape index (κ3) is 2.96. The number of benzene rings is 1. The Kier molecular flexibility index (Phi) is 3.79. The normalized spacial score (nSPS) is 25.7. The van der Waals surface area contributed by atoms with E-state index in [0.717, 1.165) is 12.8 Å². The van der Waals surface area contributed by atoms with Gasteiger partial charge in [-0.1, -0.05) is 23.2 Å². The van der Waals surface area contributed by atoms with Crippen LogP contribution in [0.25, 0.3) is 11.3 Å². The fraction of sp³-hybridized carbons (Fsp3) is 0.375. The first-order valence-electron chi connectivity index (χ1n) is 7.58. The number of nitrogens with one attached hydrogen (secondary N) is 2. The van der Waals surface area contributed by atoms with Crippen molar-refractivity contribution >= 4 is 29.1 Å². The number of fused-ring (bicyclic) bond motifs is 2. The maximum absolute atomic E-state index is 12.3. The molecule has 2 saturated heterocycles. The van der Waals surface area contributed by atoms with Gasteiger partial charge in [-0.3, -0.25) is 4.79 Å². The Balaban J connectivity index is 1.50. The predicted molar refractivity (Wildman–Crippen MR) is 87.8 cm³/mol. The summed E-state index contributed by atoms with van der Waals surface area (Å²) in [4.78, 5) is 16.4. The fourth-order valence-electron chi connectivity index (χ4n) is 3.42. The molecule has 3 atom stereocenters. The van der Waals surface area contributed by atoms with Crippen LogP contribution < -0.4 is 10.6 Å². The third-order valence-corrected chi connectivity index (χ3v) is 4.90. The largest absolute Gasteiger partial charge is 0.432 e. The molecule has 1 aromatic carbocycles. The number of rotatable bonds is 3. The number of hydrogen-bond donors (Lipinski definition) is 2. The smallest absolute Gasteiger partial charge is 0.307 e. The number of hydrogen-bond acceptors (Lipinski definition) is 4. The van der Waals surface area contributed by atoms with E-state index in [0.29, 0.717) is 33.5 Å². The second-order valence-electron chi connectivity index (χ2n) is 6.05. The first-order chi connectivity index (χ1) is 11.1. The molecule has 0 unspecified atom stereocenters. The summed E-state index contributed by atoms with van der Waals surface area (Å²) in [5.41, 5.74) is 0.690. The number of aromatic nitrogens is 1. The summed E-state index contributed by atoms with van der Waals surface area (Å²) in [6, 6.07) is 6.12. The first kappa shape index (κ1) is 15.0. The predicted octanol–water partition coefficient (Wildman–Crippen LogP) is 3.27. The van der Waals surface area contributed by atoms with Gasteiger partial charge in [0, 0.05) is 33.7 Å². The van der Waals surface area contributed by atoms with Crippen molar-refractivity contribution in [3.05, 3.63) is 40.3 Å². The van der Waals surface area contributed by atoms with E-state index in [2.05, 4.69) is 15.6 Å². The molecule has 2 bridgehead atoms. The lowest BCUT2D eigenvalue weighted by Gasteiger charge is -2.20. The average Bonchev–Trinajstić information content (AvgIpc) is 3.22. The topological polar surface area (TPSA) is 67.2 Å². The Hall–Kier alpha value is -1.56. The molecule has 120 valence electrons. The van der Waals surface area contributed by atoms with Crippen molar-refractivity contribution in [2.24, 2.45) is 0 Å². The molecule has 7 heteroatoms. The third-order valence-electron chi connectivity index (χ3n) is 4.46. The van der Waals surface area contributed by atoms with E-state index in [1.165, 1.54) is 12.6 Å². The van der Waals surface area contributed by atoms with Gasteiger partial charge in [-0.25, -0.2) is 4.98 Å². The highest BCUT2D eigenvalue weighted by Gasteiger charge is 2.40. The minimum atomic E-state index is -0.288. The van der Waals surface area contributed by atoms with E-state index in [4.69, 9.17) is 27.6 Å². The number of carbonyl (C=O) groups excluding carboxylic acids is 1. The highest BCUT2D eigenvalue weighted by atomic mass is 35.5. The molecule has 2 fully saturated rings. The Labute approximate surface area is 143 Å². The number of halogens is 2. The lowest BCUT2D eigenvalue weighted by molar-refractivity contribution is 0.0896. The number of amides is 1. The van der Waals surface area contributed by atoms with Crippen molar-refractivity contribution in [3.63, 3.8) is 0 Å². The summed E-state index contributed by atoms with van der Waals surface area (Å²) in [5, 5.41) is 7.49. The lowest BCUT2D eigenvalue weighted by Crippen LogP contribution is -2.43. The maximum Gasteiger partial charge on any atom is 0.307 e. The van der Waals surface area contributed by atoms with Gasteiger partial charge >= 0.3 is 5.91 Å². The van der Waals surface area contributed by atoms with Crippen LogP contribution in [0, 0.1) is 0 Å². The Morgan fingerprint density at radius 2 is 2.04 bits per heavy atom. The number of oxazole rings is 1. The summed E-state index contributed by atoms with van der Waals surface area (Å²) in [6.07, 6.45) is 4.77. The molecule has 5 nitrogen and oxygen atoms in total. The second-order valence-corrected chi connectivity index (χ2v) is 6.92. The van der Waals surface area contributed by atoms with Gasteiger partial charge in [0.1, 0.15) is 0 Å². The maximum atomic E-state index is 12.3. The van der Waals surface area contributed by atoms with Crippen LogP contribution in [0.4, 0.5) is 0 Å². The van der Waals surface area contributed by atoms with Gasteiger partial charge in [-0.2, -0.15) is 0 Å². The zero-order chi connectivity index (χ0) is 16.0. The molecule has 0 aliphatic carbocycles. The number of carbonyl (C=O) groups is 1. The Bertz CT molecular complexity index is 741. The van der Waals surface area contributed by atoms with Crippen LogP contribution in [0.1, 0.15) is 29.9 Å². The minimum Gasteiger partial charge on any atom is -0.432 e. The molecule has 2 aliphatic rings. The molecule has 1 amide bonds. The van der Waals surface area contributed by atoms with Gasteiger partial charge < -0.3 is 15.1 Å². The minimum absolute atomic E-state index is 0.0545. The summed E-state index contributed by atoms with van der Waals surface area (Å²) >= 11 is 12.0. The van der Waals surface area contributed by atoms with Crippen LogP contribution >= 0.6 is 23.2 Å². The quantitative estimate of drug-likeness (QED) is 0.890. The molecule has 4 rings (SSSR count). The molecular weight excluding hydrogens is 337 g/mol. The van der Waals surface area contributed by atoms with Crippen LogP contribution in [0.3, 0.4) is 0 Å². The van der Waals surface area contributed by atoms with Crippen LogP contribution in [-0.2, 0) is 0 Å². The summed E-state index contributed by atoms with van der Waals surface area (Å²) < 4.78 is 5.57. The van der Waals surface area contributed by atoms with E-state index < -0.39 is 0 Å². The molecule has 2 aliphatic heterocycles. The highest BCUT2D eigenvalue weighted by molar-refractivity contribution is 6.35. The average molecular weight is 352 g/mol. The molecule has 2 N–H and O–H groups in total. The van der Waals surface area contributed by atoms with Gasteiger partial charge in [0.2, 0.25) is 0 Å². The zero-order valence-electron chi connectivity index (χ0n) is 12.2. The molecule has 2 aromatic rings. The Morgan fingerprint density at radius 1 is 1.26 bits per heavy atom. The summed E-state index contributed by atoms with van der Waals surface area (Å²) in [6.45, 7) is 0. The van der Waals surface area contributed by atoms with E-state index >= 15 is 0 Å². The SMILES string of the molecule is O=C(N[C@@H]1C[C@H]2CC[C@@H]1N2)c1ncc(-c2cc(Cl)cc(Cl)c2)o1. The van der Waals surface area contributed by atoms with Crippen molar-refractivity contribution in [1.29, 1.82) is 0 Å². The molecule has 0 spiro atoms. The molecular formula is C16H15Cl2N3O2. The van der Waals surface area contributed by atoms with Gasteiger partial charge in [-0.15, -0.1) is 0 Å². The molecule has 3 heterocycles. The molecule has 0 saturated carbocycles. The van der Waals surface area contributed by atoms with Crippen molar-refractivity contribution in [2.75, 3.05) is 0 Å². The van der Waals surface area contributed by atoms with Gasteiger partial charge in [0.15, 0.2) is 5.76 Å². The summed E-state index contributed by atoms with van der Waals surface area (Å²) in [7, 11) is 0. The van der Waals surface area contributed by atoms with E-state index in [-0.39, 0.29) is 17.8 Å². The Morgan fingerprint density at radius 3 is 2.70 bits per heavy atom. The fourth-order valence-corrected chi connectivity index (χ4v) is 3.95. The van der Waals surface area contributed by atoms with E-state index in [9.17, 15) is 4.79 Å². The van der Waals surface area contributed by atoms with Gasteiger partial charge in [0.05, 0.1) is 6.20 Å². The summed E-state index contributed by atoms with van der Waals surface area (Å²) in [5.74, 6) is 0.230. The zero-order valence-corrected chi connectivity index (χ0v) is 13.7. The first-order valence-corrected chi connectivity index (χ1v) is 8.33. The number of nitrogens with zero attached hydrogens (tertiary/aromatic N) is 1. The van der Waals surface area contributed by atoms with Crippen molar-refractivity contribution in [3.8, 4) is 11.3 Å². The monoisotopic (exact) mass is 351 g/mol. The van der Waals surface area contributed by atoms with Crippen LogP contribution in [-0.4, -0.2) is 29.0 Å². The van der Waals surface area contributed by atoms with Gasteiger partial charge in [-0.05, 0) is 37.5 Å². The lowest BCUT2D eigenvalue weighted by atomic mass is 9.95. The van der Waals surface area contributed by atoms with E-state index in [1.54, 1.807) is 18.2 Å².